The third-order valence-corrected chi connectivity index (χ3v) is 5.84. The van der Waals surface area contributed by atoms with Crippen LogP contribution < -0.4 is 10.1 Å². The molecule has 0 spiro atoms. The molecule has 5 nitrogen and oxygen atoms in total. The van der Waals surface area contributed by atoms with Crippen LogP contribution in [0.25, 0.3) is 0 Å². The van der Waals surface area contributed by atoms with Crippen molar-refractivity contribution in [3.8, 4) is 5.75 Å². The Balaban J connectivity index is 1.61. The summed E-state index contributed by atoms with van der Waals surface area (Å²) >= 11 is 0. The van der Waals surface area contributed by atoms with Gasteiger partial charge in [0.25, 0.3) is 0 Å². The topological polar surface area (TPSA) is 58.6 Å². The van der Waals surface area contributed by atoms with Crippen LogP contribution in [0.2, 0.25) is 0 Å². The predicted octanol–water partition coefficient (Wildman–Crippen LogP) is 3.67. The van der Waals surface area contributed by atoms with Crippen LogP contribution in [0.5, 0.6) is 5.75 Å². The number of methoxy groups -OCH3 is 1. The second kappa shape index (κ2) is 8.68. The fourth-order valence-electron chi connectivity index (χ4n) is 3.70. The first-order chi connectivity index (χ1) is 13.8. The average Bonchev–Trinajstić information content (AvgIpc) is 2.71. The summed E-state index contributed by atoms with van der Waals surface area (Å²) in [5, 5.41) is 2.97. The largest absolute Gasteiger partial charge is 0.496 e. The van der Waals surface area contributed by atoms with Crippen molar-refractivity contribution in [3.63, 3.8) is 0 Å². The third kappa shape index (κ3) is 4.44. The highest BCUT2D eigenvalue weighted by Crippen LogP contribution is 2.31. The van der Waals surface area contributed by atoms with Crippen LogP contribution in [0.4, 0.5) is 0 Å². The van der Waals surface area contributed by atoms with Crippen LogP contribution in [-0.4, -0.2) is 35.9 Å². The minimum absolute atomic E-state index is 0.0107. The van der Waals surface area contributed by atoms with Gasteiger partial charge in [0, 0.05) is 18.7 Å². The van der Waals surface area contributed by atoms with E-state index in [1.165, 1.54) is 5.56 Å². The van der Waals surface area contributed by atoms with E-state index in [0.717, 1.165) is 16.9 Å². The maximum atomic E-state index is 12.9. The number of carbonyl (C=O) groups is 2. The lowest BCUT2D eigenvalue weighted by Crippen LogP contribution is -2.67. The maximum absolute atomic E-state index is 12.9. The zero-order valence-corrected chi connectivity index (χ0v) is 17.7. The molecule has 2 amide bonds. The van der Waals surface area contributed by atoms with E-state index in [1.807, 2.05) is 43.3 Å². The monoisotopic (exact) mass is 394 g/mol. The van der Waals surface area contributed by atoms with Gasteiger partial charge in [0.1, 0.15) is 11.3 Å². The van der Waals surface area contributed by atoms with E-state index in [-0.39, 0.29) is 11.8 Å². The van der Waals surface area contributed by atoms with Gasteiger partial charge in [-0.3, -0.25) is 9.59 Å². The van der Waals surface area contributed by atoms with Crippen molar-refractivity contribution >= 4 is 11.8 Å². The molecule has 1 aliphatic heterocycles. The number of carbonyl (C=O) groups excluding carboxylic acids is 2. The molecular weight excluding hydrogens is 364 g/mol. The Morgan fingerprint density at radius 2 is 1.83 bits per heavy atom. The smallest absolute Gasteiger partial charge is 0.246 e. The summed E-state index contributed by atoms with van der Waals surface area (Å²) in [6.45, 7) is 7.12. The van der Waals surface area contributed by atoms with Crippen molar-refractivity contribution in [2.75, 3.05) is 13.7 Å². The Morgan fingerprint density at radius 1 is 1.14 bits per heavy atom. The molecule has 0 bridgehead atoms. The molecule has 0 radical (unpaired) electrons. The minimum atomic E-state index is -0.795. The van der Waals surface area contributed by atoms with Crippen LogP contribution in [-0.2, 0) is 22.6 Å². The van der Waals surface area contributed by atoms with Gasteiger partial charge in [-0.1, -0.05) is 56.3 Å². The summed E-state index contributed by atoms with van der Waals surface area (Å²) in [4.78, 5) is 27.4. The molecule has 5 heteroatoms. The molecule has 1 N–H and O–H groups in total. The predicted molar refractivity (Wildman–Crippen MR) is 114 cm³/mol. The van der Waals surface area contributed by atoms with E-state index in [1.54, 1.807) is 12.0 Å². The first kappa shape index (κ1) is 20.9. The van der Waals surface area contributed by atoms with Gasteiger partial charge in [-0.15, -0.1) is 0 Å². The van der Waals surface area contributed by atoms with Crippen LogP contribution >= 0.6 is 0 Å². The van der Waals surface area contributed by atoms with Crippen molar-refractivity contribution in [1.82, 2.24) is 10.2 Å². The lowest BCUT2D eigenvalue weighted by Gasteiger charge is -2.49. The Hall–Kier alpha value is -2.82. The Labute approximate surface area is 173 Å². The first-order valence-corrected chi connectivity index (χ1v) is 10.1. The highest BCUT2D eigenvalue weighted by atomic mass is 16.5. The highest BCUT2D eigenvalue weighted by molar-refractivity contribution is 5.93. The molecule has 0 aromatic heterocycles. The molecule has 29 heavy (non-hydrogen) atoms. The molecule has 154 valence electrons. The molecule has 0 aliphatic carbocycles. The Morgan fingerprint density at radius 3 is 2.41 bits per heavy atom. The zero-order valence-electron chi connectivity index (χ0n) is 17.7. The van der Waals surface area contributed by atoms with Crippen molar-refractivity contribution < 1.29 is 14.3 Å². The van der Waals surface area contributed by atoms with E-state index in [2.05, 4.69) is 31.3 Å². The second-order valence-corrected chi connectivity index (χ2v) is 8.14. The number of ether oxygens (including phenoxy) is 1. The van der Waals surface area contributed by atoms with Gasteiger partial charge in [-0.25, -0.2) is 0 Å². The summed E-state index contributed by atoms with van der Waals surface area (Å²) in [6.07, 6.45) is 0.983. The van der Waals surface area contributed by atoms with Gasteiger partial charge >= 0.3 is 0 Å². The zero-order chi connectivity index (χ0) is 21.0. The second-order valence-electron chi connectivity index (χ2n) is 8.14. The molecule has 1 saturated heterocycles. The quantitative estimate of drug-likeness (QED) is 0.780. The number of para-hydroxylation sites is 1. The summed E-state index contributed by atoms with van der Waals surface area (Å²) in [6, 6.07) is 15.8. The molecule has 3 rings (SSSR count). The molecule has 1 unspecified atom stereocenters. The molecule has 1 aliphatic rings. The molecule has 1 atom stereocenters. The number of rotatable bonds is 7. The Bertz CT molecular complexity index is 876. The lowest BCUT2D eigenvalue weighted by molar-refractivity contribution is -0.157. The SMILES string of the molecule is COc1ccccc1CNC(=O)C1(C)CCN1C(=O)Cc1ccc(C(C)C)cc1. The minimum Gasteiger partial charge on any atom is -0.496 e. The number of nitrogens with one attached hydrogen (secondary N) is 1. The van der Waals surface area contributed by atoms with Gasteiger partial charge in [-0.2, -0.15) is 0 Å². The van der Waals surface area contributed by atoms with Crippen LogP contribution in [0, 0.1) is 0 Å². The van der Waals surface area contributed by atoms with Crippen LogP contribution in [0.1, 0.15) is 49.8 Å². The van der Waals surface area contributed by atoms with Gasteiger partial charge < -0.3 is 15.0 Å². The molecular formula is C24H30N2O3. The number of hydrogen-bond donors (Lipinski definition) is 1. The third-order valence-electron chi connectivity index (χ3n) is 5.84. The number of likely N-dealkylation sites (tertiary alicyclic amines) is 1. The normalized spacial score (nSPS) is 18.3. The summed E-state index contributed by atoms with van der Waals surface area (Å²) in [5.74, 6) is 1.07. The lowest BCUT2D eigenvalue weighted by atomic mass is 9.84. The van der Waals surface area contributed by atoms with Crippen LogP contribution in [0.15, 0.2) is 48.5 Å². The Kier molecular flexibility index (Phi) is 6.26. The van der Waals surface area contributed by atoms with E-state index in [4.69, 9.17) is 4.74 Å². The fraction of sp³-hybridized carbons (Fsp3) is 0.417. The summed E-state index contributed by atoms with van der Waals surface area (Å²) in [7, 11) is 1.61. The number of amides is 2. The van der Waals surface area contributed by atoms with E-state index < -0.39 is 5.54 Å². The van der Waals surface area contributed by atoms with Crippen LogP contribution in [0.3, 0.4) is 0 Å². The van der Waals surface area contributed by atoms with Crippen molar-refractivity contribution in [3.05, 3.63) is 65.2 Å². The molecule has 1 heterocycles. The molecule has 0 saturated carbocycles. The van der Waals surface area contributed by atoms with Gasteiger partial charge in [-0.05, 0) is 36.5 Å². The standard InChI is InChI=1S/C24H30N2O3/c1-17(2)19-11-9-18(10-12-19)15-22(27)26-14-13-24(26,3)23(28)25-16-20-7-5-6-8-21(20)29-4/h5-12,17H,13-16H2,1-4H3,(H,25,28). The number of nitrogens with zero attached hydrogens (tertiary/aromatic N) is 1. The first-order valence-electron chi connectivity index (χ1n) is 10.1. The molecule has 1 fully saturated rings. The molecule has 2 aromatic rings. The average molecular weight is 395 g/mol. The molecule has 2 aromatic carbocycles. The summed E-state index contributed by atoms with van der Waals surface area (Å²) < 4.78 is 5.34. The summed E-state index contributed by atoms with van der Waals surface area (Å²) in [5.41, 5.74) is 2.35. The number of hydrogen-bond acceptors (Lipinski definition) is 3. The highest BCUT2D eigenvalue weighted by Gasteiger charge is 2.49. The number of benzene rings is 2. The fourth-order valence-corrected chi connectivity index (χ4v) is 3.70. The van der Waals surface area contributed by atoms with E-state index in [9.17, 15) is 9.59 Å². The van der Waals surface area contributed by atoms with Crippen molar-refractivity contribution in [2.45, 2.75) is 51.6 Å². The maximum Gasteiger partial charge on any atom is 0.246 e. The van der Waals surface area contributed by atoms with E-state index >= 15 is 0 Å². The van der Waals surface area contributed by atoms with Crippen molar-refractivity contribution in [1.29, 1.82) is 0 Å². The van der Waals surface area contributed by atoms with Gasteiger partial charge in [0.05, 0.1) is 13.5 Å². The van der Waals surface area contributed by atoms with Crippen molar-refractivity contribution in [2.24, 2.45) is 0 Å². The van der Waals surface area contributed by atoms with Gasteiger partial charge in [0.2, 0.25) is 11.8 Å². The van der Waals surface area contributed by atoms with E-state index in [0.29, 0.717) is 31.8 Å². The van der Waals surface area contributed by atoms with Gasteiger partial charge in [0.15, 0.2) is 0 Å².